The van der Waals surface area contributed by atoms with E-state index in [4.69, 9.17) is 13.3 Å². The second-order valence-electron chi connectivity index (χ2n) is 7.12. The molecular weight excluding hydrogens is 362 g/mol. The van der Waals surface area contributed by atoms with Crippen LogP contribution in [-0.4, -0.2) is 57.4 Å². The summed E-state index contributed by atoms with van der Waals surface area (Å²) in [5.74, 6) is 0. The highest BCUT2D eigenvalue weighted by atomic mass is 28.4. The lowest BCUT2D eigenvalue weighted by Crippen LogP contribution is -2.66. The van der Waals surface area contributed by atoms with Crippen molar-refractivity contribution in [2.24, 2.45) is 0 Å². The molecule has 0 heterocycles. The van der Waals surface area contributed by atoms with Gasteiger partial charge in [-0.25, -0.2) is 0 Å². The number of hydrogen-bond acceptors (Lipinski definition) is 4. The molecule has 7 heteroatoms. The van der Waals surface area contributed by atoms with Crippen molar-refractivity contribution < 1.29 is 13.3 Å². The van der Waals surface area contributed by atoms with Gasteiger partial charge >= 0.3 is 8.80 Å². The number of nitrogens with zero attached hydrogens (tertiary/aromatic N) is 1. The van der Waals surface area contributed by atoms with Crippen molar-refractivity contribution >= 4 is 25.3 Å². The van der Waals surface area contributed by atoms with Crippen LogP contribution in [0.15, 0.2) is 0 Å². The van der Waals surface area contributed by atoms with E-state index in [1.54, 1.807) is 21.3 Å². The first-order valence-corrected chi connectivity index (χ1v) is 17.4. The van der Waals surface area contributed by atoms with Crippen molar-refractivity contribution in [1.82, 2.24) is 4.23 Å². The van der Waals surface area contributed by atoms with Crippen LogP contribution in [0.3, 0.4) is 0 Å². The van der Waals surface area contributed by atoms with Gasteiger partial charge in [-0.3, -0.25) is 0 Å². The highest BCUT2D eigenvalue weighted by molar-refractivity contribution is 6.92. The molecule has 0 bridgehead atoms. The Labute approximate surface area is 161 Å². The number of hydrogen-bond donors (Lipinski definition) is 0. The Bertz CT molecular complexity index is 302. The summed E-state index contributed by atoms with van der Waals surface area (Å²) in [6.07, 6.45) is 1.12. The van der Waals surface area contributed by atoms with E-state index in [0.717, 1.165) is 12.5 Å². The highest BCUT2D eigenvalue weighted by Gasteiger charge is 2.46. The summed E-state index contributed by atoms with van der Waals surface area (Å²) in [7, 11) is -0.0509. The van der Waals surface area contributed by atoms with Crippen molar-refractivity contribution in [3.05, 3.63) is 0 Å². The summed E-state index contributed by atoms with van der Waals surface area (Å²) in [5.41, 5.74) is 0. The Morgan fingerprint density at radius 2 is 0.920 bits per heavy atom. The summed E-state index contributed by atoms with van der Waals surface area (Å²) in [5, 5.41) is 0. The molecule has 0 saturated heterocycles. The van der Waals surface area contributed by atoms with Crippen LogP contribution in [0.25, 0.3) is 0 Å². The topological polar surface area (TPSA) is 30.9 Å². The van der Waals surface area contributed by atoms with Crippen LogP contribution < -0.4 is 0 Å². The second-order valence-corrected chi connectivity index (χ2v) is 20.9. The largest absolute Gasteiger partial charge is 0.500 e. The van der Waals surface area contributed by atoms with Crippen molar-refractivity contribution in [3.63, 3.8) is 0 Å². The average molecular weight is 408 g/mol. The van der Waals surface area contributed by atoms with Crippen LogP contribution >= 0.6 is 0 Å². The van der Waals surface area contributed by atoms with E-state index in [-0.39, 0.29) is 0 Å². The Kier molecular flexibility index (Phi) is 12.3. The molecule has 0 aromatic heterocycles. The van der Waals surface area contributed by atoms with Crippen molar-refractivity contribution in [1.29, 1.82) is 0 Å². The standard InChI is InChI=1S/C18H45NO3Si3/c1-10-23(11-2,12-3)19(24(13-4,14-5)15-6)17-16-18-25(20-7,21-8)22-9/h10-18H2,1-9H3. The van der Waals surface area contributed by atoms with E-state index in [1.165, 1.54) is 42.8 Å². The van der Waals surface area contributed by atoms with E-state index in [0.29, 0.717) is 0 Å². The summed E-state index contributed by atoms with van der Waals surface area (Å²) in [6, 6.07) is 9.14. The summed E-state index contributed by atoms with van der Waals surface area (Å²) in [6.45, 7) is 15.8. The van der Waals surface area contributed by atoms with E-state index < -0.39 is 25.3 Å². The maximum atomic E-state index is 5.65. The molecular formula is C18H45NO3Si3. The Morgan fingerprint density at radius 1 is 0.600 bits per heavy atom. The van der Waals surface area contributed by atoms with Crippen LogP contribution in [0, 0.1) is 0 Å². The quantitative estimate of drug-likeness (QED) is 0.332. The molecule has 0 rings (SSSR count). The molecule has 0 atom stereocenters. The zero-order valence-corrected chi connectivity index (χ0v) is 21.5. The third-order valence-corrected chi connectivity index (χ3v) is 23.2. The van der Waals surface area contributed by atoms with Gasteiger partial charge < -0.3 is 17.5 Å². The molecule has 0 N–H and O–H groups in total. The lowest BCUT2D eigenvalue weighted by Gasteiger charge is -2.52. The molecule has 0 aliphatic carbocycles. The molecule has 152 valence electrons. The monoisotopic (exact) mass is 407 g/mol. The lowest BCUT2D eigenvalue weighted by atomic mass is 10.5. The Hall–Kier alpha value is 0.491. The van der Waals surface area contributed by atoms with Crippen LogP contribution in [0.5, 0.6) is 0 Å². The molecule has 0 aliphatic rings. The first kappa shape index (κ1) is 25.5. The van der Waals surface area contributed by atoms with Gasteiger partial charge in [0, 0.05) is 27.4 Å². The van der Waals surface area contributed by atoms with Gasteiger partial charge in [0.2, 0.25) is 0 Å². The predicted molar refractivity (Wildman–Crippen MR) is 117 cm³/mol. The fourth-order valence-electron chi connectivity index (χ4n) is 4.63. The molecule has 0 aromatic carbocycles. The van der Waals surface area contributed by atoms with Gasteiger partial charge in [0.1, 0.15) is 16.5 Å². The van der Waals surface area contributed by atoms with Crippen molar-refractivity contribution in [3.8, 4) is 0 Å². The van der Waals surface area contributed by atoms with Gasteiger partial charge in [-0.1, -0.05) is 41.5 Å². The third-order valence-electron chi connectivity index (χ3n) is 6.89. The molecule has 0 amide bonds. The third kappa shape index (κ3) is 5.73. The van der Waals surface area contributed by atoms with Crippen molar-refractivity contribution in [2.45, 2.75) is 90.3 Å². The molecule has 0 radical (unpaired) electrons. The highest BCUT2D eigenvalue weighted by Crippen LogP contribution is 2.36. The van der Waals surface area contributed by atoms with Crippen LogP contribution in [0.2, 0.25) is 42.3 Å². The lowest BCUT2D eigenvalue weighted by molar-refractivity contribution is 0.122. The molecule has 0 saturated carbocycles. The minimum atomic E-state index is -2.46. The smallest absolute Gasteiger partial charge is 0.377 e. The van der Waals surface area contributed by atoms with Gasteiger partial charge in [0.15, 0.2) is 0 Å². The minimum Gasteiger partial charge on any atom is -0.377 e. The molecule has 0 aromatic rings. The summed E-state index contributed by atoms with van der Waals surface area (Å²) >= 11 is 0. The van der Waals surface area contributed by atoms with E-state index in [9.17, 15) is 0 Å². The van der Waals surface area contributed by atoms with Gasteiger partial charge in [-0.05, 0) is 49.2 Å². The predicted octanol–water partition coefficient (Wildman–Crippen LogP) is 5.57. The van der Waals surface area contributed by atoms with Gasteiger partial charge in [0.05, 0.1) is 0 Å². The fraction of sp³-hybridized carbons (Fsp3) is 1.00. The van der Waals surface area contributed by atoms with E-state index in [1.807, 2.05) is 0 Å². The molecule has 4 nitrogen and oxygen atoms in total. The van der Waals surface area contributed by atoms with Gasteiger partial charge in [0.25, 0.3) is 0 Å². The molecule has 0 aliphatic heterocycles. The minimum absolute atomic E-state index is 0.913. The second kappa shape index (κ2) is 12.0. The molecule has 0 fully saturated rings. The molecule has 0 spiro atoms. The molecule has 25 heavy (non-hydrogen) atoms. The van der Waals surface area contributed by atoms with Crippen molar-refractivity contribution in [2.75, 3.05) is 27.9 Å². The molecule has 0 unspecified atom stereocenters. The number of rotatable bonds is 15. The summed E-state index contributed by atoms with van der Waals surface area (Å²) in [4.78, 5) is 0. The van der Waals surface area contributed by atoms with E-state index >= 15 is 0 Å². The first-order chi connectivity index (χ1) is 11.9. The fourth-order valence-corrected chi connectivity index (χ4v) is 19.8. The van der Waals surface area contributed by atoms with Crippen LogP contribution in [0.1, 0.15) is 48.0 Å². The zero-order chi connectivity index (χ0) is 19.6. The van der Waals surface area contributed by atoms with E-state index in [2.05, 4.69) is 45.8 Å². The maximum Gasteiger partial charge on any atom is 0.500 e. The summed E-state index contributed by atoms with van der Waals surface area (Å²) < 4.78 is 20.1. The maximum absolute atomic E-state index is 5.65. The van der Waals surface area contributed by atoms with Crippen LogP contribution in [0.4, 0.5) is 0 Å². The SMILES string of the molecule is CC[Si](CC)(CC)N(CCC[Si](OC)(OC)OC)[Si](CC)(CC)CC. The average Bonchev–Trinajstić information content (AvgIpc) is 2.68. The van der Waals surface area contributed by atoms with Gasteiger partial charge in [-0.15, -0.1) is 0 Å². The first-order valence-electron chi connectivity index (χ1n) is 10.3. The zero-order valence-electron chi connectivity index (χ0n) is 18.5. The van der Waals surface area contributed by atoms with Gasteiger partial charge in [-0.2, -0.15) is 0 Å². The Morgan fingerprint density at radius 3 is 1.16 bits per heavy atom. The normalized spacial score (nSPS) is 13.7. The Balaban J connectivity index is 5.55. The van der Waals surface area contributed by atoms with Crippen LogP contribution in [-0.2, 0) is 13.3 Å².